The molecule has 0 bridgehead atoms. The molecule has 0 atom stereocenters. The largest absolute Gasteiger partial charge is 0.494 e. The van der Waals surface area contributed by atoms with Crippen molar-refractivity contribution in [3.8, 4) is 22.8 Å². The van der Waals surface area contributed by atoms with Gasteiger partial charge in [-0.25, -0.2) is 4.68 Å². The van der Waals surface area contributed by atoms with E-state index in [1.54, 1.807) is 30.4 Å². The van der Waals surface area contributed by atoms with Crippen molar-refractivity contribution in [2.24, 2.45) is 0 Å². The molecule has 0 spiro atoms. The zero-order valence-corrected chi connectivity index (χ0v) is 12.8. The van der Waals surface area contributed by atoms with Gasteiger partial charge in [-0.2, -0.15) is 5.10 Å². The van der Waals surface area contributed by atoms with Crippen molar-refractivity contribution in [2.45, 2.75) is 0 Å². The number of ether oxygens (including phenoxy) is 1. The monoisotopic (exact) mass is 319 g/mol. The lowest BCUT2D eigenvalue weighted by atomic mass is 10.1. The second kappa shape index (κ2) is 5.62. The highest BCUT2D eigenvalue weighted by atomic mass is 16.5. The standard InChI is InChI=1S/C17H13N5O2/c1-24-14-7-19-17(13-5-3-2-4-12(13)14)11-6-20-22(10-11)15-8-18-9-16(23)21-15/h2-10H,1H3,(H,21,23). The maximum absolute atomic E-state index is 11.4. The van der Waals surface area contributed by atoms with Gasteiger partial charge >= 0.3 is 0 Å². The van der Waals surface area contributed by atoms with Crippen LogP contribution in [0.25, 0.3) is 27.8 Å². The fourth-order valence-corrected chi connectivity index (χ4v) is 2.62. The van der Waals surface area contributed by atoms with Gasteiger partial charge in [-0.3, -0.25) is 14.8 Å². The third-order valence-corrected chi connectivity index (χ3v) is 3.72. The van der Waals surface area contributed by atoms with Crippen LogP contribution in [0.5, 0.6) is 5.75 Å². The molecule has 7 nitrogen and oxygen atoms in total. The molecule has 3 heterocycles. The number of aromatic amines is 1. The summed E-state index contributed by atoms with van der Waals surface area (Å²) in [6.07, 6.45) is 7.95. The van der Waals surface area contributed by atoms with Gasteiger partial charge < -0.3 is 9.72 Å². The number of pyridine rings is 1. The van der Waals surface area contributed by atoms with E-state index in [2.05, 4.69) is 20.1 Å². The van der Waals surface area contributed by atoms with Crippen molar-refractivity contribution in [3.63, 3.8) is 0 Å². The van der Waals surface area contributed by atoms with E-state index in [1.807, 2.05) is 24.3 Å². The predicted octanol–water partition coefficient (Wildman–Crippen LogP) is 2.18. The van der Waals surface area contributed by atoms with Gasteiger partial charge in [-0.1, -0.05) is 24.3 Å². The van der Waals surface area contributed by atoms with E-state index in [-0.39, 0.29) is 5.56 Å². The molecule has 0 aliphatic rings. The van der Waals surface area contributed by atoms with Crippen LogP contribution in [0.2, 0.25) is 0 Å². The van der Waals surface area contributed by atoms with E-state index in [4.69, 9.17) is 4.74 Å². The summed E-state index contributed by atoms with van der Waals surface area (Å²) < 4.78 is 6.93. The van der Waals surface area contributed by atoms with Crippen LogP contribution >= 0.6 is 0 Å². The summed E-state index contributed by atoms with van der Waals surface area (Å²) in [6, 6.07) is 7.89. The first-order valence-corrected chi connectivity index (χ1v) is 7.28. The van der Waals surface area contributed by atoms with Gasteiger partial charge in [0.05, 0.1) is 37.6 Å². The lowest BCUT2D eigenvalue weighted by molar-refractivity contribution is 0.418. The van der Waals surface area contributed by atoms with Crippen molar-refractivity contribution in [3.05, 3.63) is 65.6 Å². The quantitative estimate of drug-likeness (QED) is 0.625. The Morgan fingerprint density at radius 2 is 1.92 bits per heavy atom. The average Bonchev–Trinajstić information content (AvgIpc) is 3.10. The molecule has 118 valence electrons. The number of methoxy groups -OCH3 is 1. The van der Waals surface area contributed by atoms with Crippen LogP contribution in [0.4, 0.5) is 0 Å². The molecular weight excluding hydrogens is 306 g/mol. The van der Waals surface area contributed by atoms with E-state index < -0.39 is 0 Å². The molecule has 4 rings (SSSR count). The lowest BCUT2D eigenvalue weighted by Crippen LogP contribution is -2.10. The van der Waals surface area contributed by atoms with Gasteiger partial charge in [0.15, 0.2) is 5.82 Å². The van der Waals surface area contributed by atoms with Gasteiger partial charge in [0.1, 0.15) is 5.75 Å². The predicted molar refractivity (Wildman–Crippen MR) is 89.3 cm³/mol. The summed E-state index contributed by atoms with van der Waals surface area (Å²) in [5, 5.41) is 6.24. The van der Waals surface area contributed by atoms with E-state index in [0.717, 1.165) is 27.8 Å². The van der Waals surface area contributed by atoms with Crippen molar-refractivity contribution < 1.29 is 4.74 Å². The number of aromatic nitrogens is 5. The summed E-state index contributed by atoms with van der Waals surface area (Å²) in [5.41, 5.74) is 1.35. The topological polar surface area (TPSA) is 85.7 Å². The average molecular weight is 319 g/mol. The van der Waals surface area contributed by atoms with Crippen LogP contribution in [0, 0.1) is 0 Å². The number of hydrogen-bond acceptors (Lipinski definition) is 5. The van der Waals surface area contributed by atoms with Crippen LogP contribution in [0.15, 0.2) is 60.0 Å². The summed E-state index contributed by atoms with van der Waals surface area (Å²) >= 11 is 0. The van der Waals surface area contributed by atoms with Crippen molar-refractivity contribution >= 4 is 10.8 Å². The van der Waals surface area contributed by atoms with Crippen LogP contribution < -0.4 is 10.3 Å². The lowest BCUT2D eigenvalue weighted by Gasteiger charge is -2.08. The first-order valence-electron chi connectivity index (χ1n) is 7.28. The Labute approximate surface area is 136 Å². The molecule has 0 saturated carbocycles. The summed E-state index contributed by atoms with van der Waals surface area (Å²) in [7, 11) is 1.62. The van der Waals surface area contributed by atoms with Crippen molar-refractivity contribution in [2.75, 3.05) is 7.11 Å². The number of nitrogens with zero attached hydrogens (tertiary/aromatic N) is 4. The molecule has 4 aromatic rings. The Morgan fingerprint density at radius 1 is 1.08 bits per heavy atom. The first-order chi connectivity index (χ1) is 11.8. The molecule has 0 aliphatic heterocycles. The molecule has 7 heteroatoms. The molecule has 0 fully saturated rings. The van der Waals surface area contributed by atoms with Gasteiger partial charge in [0.2, 0.25) is 0 Å². The third kappa shape index (κ3) is 2.32. The minimum absolute atomic E-state index is 0.280. The minimum Gasteiger partial charge on any atom is -0.494 e. The van der Waals surface area contributed by atoms with Crippen molar-refractivity contribution in [1.29, 1.82) is 0 Å². The van der Waals surface area contributed by atoms with Crippen molar-refractivity contribution in [1.82, 2.24) is 24.7 Å². The molecule has 0 amide bonds. The number of H-pyrrole nitrogens is 1. The molecule has 1 aromatic carbocycles. The van der Waals surface area contributed by atoms with Crippen LogP contribution in [0.1, 0.15) is 0 Å². The highest BCUT2D eigenvalue weighted by molar-refractivity contribution is 5.97. The number of rotatable bonds is 3. The zero-order chi connectivity index (χ0) is 16.5. The second-order valence-electron chi connectivity index (χ2n) is 5.18. The summed E-state index contributed by atoms with van der Waals surface area (Å²) in [6.45, 7) is 0. The van der Waals surface area contributed by atoms with E-state index in [9.17, 15) is 4.79 Å². The molecule has 0 radical (unpaired) electrons. The maximum atomic E-state index is 11.4. The fourth-order valence-electron chi connectivity index (χ4n) is 2.62. The molecule has 24 heavy (non-hydrogen) atoms. The summed E-state index contributed by atoms with van der Waals surface area (Å²) in [4.78, 5) is 22.5. The Bertz CT molecular complexity index is 1080. The molecule has 0 unspecified atom stereocenters. The molecule has 0 saturated heterocycles. The maximum Gasteiger partial charge on any atom is 0.267 e. The molecule has 0 aliphatic carbocycles. The number of hydrogen-bond donors (Lipinski definition) is 1. The van der Waals surface area contributed by atoms with Gasteiger partial charge in [0.25, 0.3) is 5.56 Å². The van der Waals surface area contributed by atoms with E-state index >= 15 is 0 Å². The molecule has 3 aromatic heterocycles. The van der Waals surface area contributed by atoms with Crippen LogP contribution in [-0.2, 0) is 0 Å². The first kappa shape index (κ1) is 14.1. The number of fused-ring (bicyclic) bond motifs is 1. The highest BCUT2D eigenvalue weighted by Crippen LogP contribution is 2.32. The minimum atomic E-state index is -0.280. The Balaban J connectivity index is 1.86. The Hall–Kier alpha value is -3.48. The Morgan fingerprint density at radius 3 is 2.71 bits per heavy atom. The van der Waals surface area contributed by atoms with Crippen LogP contribution in [0.3, 0.4) is 0 Å². The molecular formula is C17H13N5O2. The highest BCUT2D eigenvalue weighted by Gasteiger charge is 2.12. The number of benzene rings is 1. The number of nitrogens with one attached hydrogen (secondary N) is 1. The Kier molecular flexibility index (Phi) is 3.31. The van der Waals surface area contributed by atoms with Gasteiger partial charge in [-0.15, -0.1) is 0 Å². The molecule has 1 N–H and O–H groups in total. The van der Waals surface area contributed by atoms with Crippen LogP contribution in [-0.4, -0.2) is 31.8 Å². The van der Waals surface area contributed by atoms with Gasteiger partial charge in [-0.05, 0) is 0 Å². The van der Waals surface area contributed by atoms with Gasteiger partial charge in [0, 0.05) is 22.5 Å². The smallest absolute Gasteiger partial charge is 0.267 e. The zero-order valence-electron chi connectivity index (χ0n) is 12.8. The summed E-state index contributed by atoms with van der Waals surface area (Å²) in [5.74, 6) is 1.21. The fraction of sp³-hybridized carbons (Fsp3) is 0.0588. The normalized spacial score (nSPS) is 10.9. The third-order valence-electron chi connectivity index (χ3n) is 3.72. The van der Waals surface area contributed by atoms with E-state index in [0.29, 0.717) is 5.82 Å². The SMILES string of the molecule is COc1cnc(-c2cnn(-c3cncc(=O)[nH]3)c2)c2ccccc12. The second-order valence-corrected chi connectivity index (χ2v) is 5.18. The van der Waals surface area contributed by atoms with E-state index in [1.165, 1.54) is 12.4 Å².